The van der Waals surface area contributed by atoms with Crippen molar-refractivity contribution < 1.29 is 23.4 Å². The van der Waals surface area contributed by atoms with E-state index in [-0.39, 0.29) is 24.1 Å². The molecule has 2 N–H and O–H groups in total. The Morgan fingerprint density at radius 2 is 2.00 bits per heavy atom. The van der Waals surface area contributed by atoms with Crippen molar-refractivity contribution >= 4 is 5.91 Å². The predicted octanol–water partition coefficient (Wildman–Crippen LogP) is 2.86. The average Bonchev–Trinajstić information content (AvgIpc) is 3.00. The predicted molar refractivity (Wildman–Crippen MR) is 83.4 cm³/mol. The van der Waals surface area contributed by atoms with Crippen LogP contribution in [0.2, 0.25) is 0 Å². The van der Waals surface area contributed by atoms with Gasteiger partial charge in [0.1, 0.15) is 11.9 Å². The number of benzene rings is 2. The first kappa shape index (κ1) is 16.4. The van der Waals surface area contributed by atoms with Gasteiger partial charge in [0.25, 0.3) is 0 Å². The third-order valence-electron chi connectivity index (χ3n) is 4.05. The lowest BCUT2D eigenvalue weighted by atomic mass is 10.0. The number of carbonyl (C=O) groups excluding carboxylic acids is 1. The highest BCUT2D eigenvalue weighted by atomic mass is 19.2. The number of ether oxygens (including phenoxy) is 1. The van der Waals surface area contributed by atoms with Crippen molar-refractivity contribution in [2.24, 2.45) is 0 Å². The van der Waals surface area contributed by atoms with Gasteiger partial charge in [-0.05, 0) is 30.2 Å². The van der Waals surface area contributed by atoms with Gasteiger partial charge in [-0.1, -0.05) is 24.3 Å². The second kappa shape index (κ2) is 6.97. The molecular weight excluding hydrogens is 316 g/mol. The van der Waals surface area contributed by atoms with Crippen molar-refractivity contribution in [3.8, 4) is 5.75 Å². The Bertz CT molecular complexity index is 751. The summed E-state index contributed by atoms with van der Waals surface area (Å²) in [6.45, 7) is 0.422. The lowest BCUT2D eigenvalue weighted by Gasteiger charge is -2.20. The van der Waals surface area contributed by atoms with Crippen LogP contribution in [0.25, 0.3) is 0 Å². The van der Waals surface area contributed by atoms with Crippen LogP contribution in [0.1, 0.15) is 23.7 Å². The van der Waals surface area contributed by atoms with E-state index in [0.29, 0.717) is 24.2 Å². The third-order valence-corrected chi connectivity index (χ3v) is 4.05. The van der Waals surface area contributed by atoms with Gasteiger partial charge in [0.2, 0.25) is 5.91 Å². The zero-order valence-electron chi connectivity index (χ0n) is 12.8. The molecule has 2 aromatic carbocycles. The van der Waals surface area contributed by atoms with Crippen LogP contribution < -0.4 is 5.32 Å². The number of halogens is 2. The van der Waals surface area contributed by atoms with E-state index < -0.39 is 17.7 Å². The Morgan fingerprint density at radius 1 is 1.21 bits per heavy atom. The van der Waals surface area contributed by atoms with Crippen molar-refractivity contribution in [3.05, 3.63) is 65.2 Å². The van der Waals surface area contributed by atoms with E-state index in [1.165, 1.54) is 12.1 Å². The number of phenols is 1. The molecule has 0 aromatic heterocycles. The Balaban J connectivity index is 1.68. The van der Waals surface area contributed by atoms with Gasteiger partial charge in [-0.15, -0.1) is 0 Å². The van der Waals surface area contributed by atoms with E-state index in [1.54, 1.807) is 18.2 Å². The number of hydrogen-bond donors (Lipinski definition) is 2. The van der Waals surface area contributed by atoms with Crippen molar-refractivity contribution in [3.63, 3.8) is 0 Å². The van der Waals surface area contributed by atoms with Crippen LogP contribution in [0.3, 0.4) is 0 Å². The Labute approximate surface area is 138 Å². The second-order valence-corrected chi connectivity index (χ2v) is 5.73. The SMILES string of the molecule is O=C(Cc1ccccc1O)N[C@H]1CCO[C@@H]1c1ccc(F)c(F)c1. The van der Waals surface area contributed by atoms with E-state index >= 15 is 0 Å². The third kappa shape index (κ3) is 3.54. The number of carbonyl (C=O) groups is 1. The standard InChI is InChI=1S/C18H17F2NO3/c19-13-6-5-12(9-14(13)20)18-15(7-8-24-18)21-17(23)10-11-3-1-2-4-16(11)22/h1-6,9,15,18,22H,7-8,10H2,(H,21,23)/t15-,18+/m0/s1. The molecule has 1 amide bonds. The number of rotatable bonds is 4. The minimum atomic E-state index is -0.942. The first-order valence-electron chi connectivity index (χ1n) is 7.67. The maximum absolute atomic E-state index is 13.4. The Morgan fingerprint density at radius 3 is 2.75 bits per heavy atom. The first-order valence-corrected chi connectivity index (χ1v) is 7.67. The summed E-state index contributed by atoms with van der Waals surface area (Å²) in [7, 11) is 0. The maximum Gasteiger partial charge on any atom is 0.224 e. The number of hydrogen-bond acceptors (Lipinski definition) is 3. The van der Waals surface area contributed by atoms with Crippen molar-refractivity contribution in [1.29, 1.82) is 0 Å². The highest BCUT2D eigenvalue weighted by molar-refractivity contribution is 5.79. The number of aromatic hydroxyl groups is 1. The number of amides is 1. The van der Waals surface area contributed by atoms with Gasteiger partial charge < -0.3 is 15.2 Å². The van der Waals surface area contributed by atoms with Crippen molar-refractivity contribution in [2.45, 2.75) is 25.0 Å². The van der Waals surface area contributed by atoms with E-state index in [0.717, 1.165) is 12.1 Å². The molecule has 1 aliphatic heterocycles. The number of nitrogens with one attached hydrogen (secondary N) is 1. The van der Waals surface area contributed by atoms with Crippen LogP contribution >= 0.6 is 0 Å². The molecule has 6 heteroatoms. The average molecular weight is 333 g/mol. The lowest BCUT2D eigenvalue weighted by Crippen LogP contribution is -2.37. The van der Waals surface area contributed by atoms with Crippen LogP contribution in [0.5, 0.6) is 5.75 Å². The number of phenolic OH excluding ortho intramolecular Hbond substituents is 1. The summed E-state index contributed by atoms with van der Waals surface area (Å²) in [4.78, 5) is 12.2. The maximum atomic E-state index is 13.4. The zero-order valence-corrected chi connectivity index (χ0v) is 12.8. The summed E-state index contributed by atoms with van der Waals surface area (Å²) in [5.74, 6) is -2.06. The summed E-state index contributed by atoms with van der Waals surface area (Å²) >= 11 is 0. The molecule has 0 radical (unpaired) electrons. The monoisotopic (exact) mass is 333 g/mol. The lowest BCUT2D eigenvalue weighted by molar-refractivity contribution is -0.121. The molecule has 24 heavy (non-hydrogen) atoms. The highest BCUT2D eigenvalue weighted by Crippen LogP contribution is 2.30. The van der Waals surface area contributed by atoms with Crippen LogP contribution in [0.15, 0.2) is 42.5 Å². The second-order valence-electron chi connectivity index (χ2n) is 5.73. The number of para-hydroxylation sites is 1. The van der Waals surface area contributed by atoms with Crippen LogP contribution in [0, 0.1) is 11.6 Å². The molecule has 3 rings (SSSR count). The van der Waals surface area contributed by atoms with Crippen LogP contribution in [-0.4, -0.2) is 23.7 Å². The molecule has 0 unspecified atom stereocenters. The molecule has 0 spiro atoms. The smallest absolute Gasteiger partial charge is 0.224 e. The molecular formula is C18H17F2NO3. The van der Waals surface area contributed by atoms with E-state index in [9.17, 15) is 18.7 Å². The molecule has 0 aliphatic carbocycles. The van der Waals surface area contributed by atoms with Crippen LogP contribution in [-0.2, 0) is 16.0 Å². The summed E-state index contributed by atoms with van der Waals surface area (Å²) in [5, 5.41) is 12.6. The molecule has 1 fully saturated rings. The summed E-state index contributed by atoms with van der Waals surface area (Å²) < 4.78 is 32.0. The Hall–Kier alpha value is -2.47. The topological polar surface area (TPSA) is 58.6 Å². The Kier molecular flexibility index (Phi) is 4.76. The summed E-state index contributed by atoms with van der Waals surface area (Å²) in [6.07, 6.45) is 0.0949. The van der Waals surface area contributed by atoms with Gasteiger partial charge in [-0.25, -0.2) is 8.78 Å². The van der Waals surface area contributed by atoms with Gasteiger partial charge in [-0.2, -0.15) is 0 Å². The molecule has 4 nitrogen and oxygen atoms in total. The summed E-state index contributed by atoms with van der Waals surface area (Å²) in [6, 6.07) is 9.88. The molecule has 0 saturated carbocycles. The largest absolute Gasteiger partial charge is 0.508 e. The quantitative estimate of drug-likeness (QED) is 0.904. The minimum absolute atomic E-state index is 0.0354. The van der Waals surface area contributed by atoms with Crippen molar-refractivity contribution in [2.75, 3.05) is 6.61 Å². The van der Waals surface area contributed by atoms with E-state index in [2.05, 4.69) is 5.32 Å². The molecule has 126 valence electrons. The van der Waals surface area contributed by atoms with Crippen LogP contribution in [0.4, 0.5) is 8.78 Å². The minimum Gasteiger partial charge on any atom is -0.508 e. The van der Waals surface area contributed by atoms with Crippen molar-refractivity contribution in [1.82, 2.24) is 5.32 Å². The fourth-order valence-electron chi connectivity index (χ4n) is 2.85. The summed E-state index contributed by atoms with van der Waals surface area (Å²) in [5.41, 5.74) is 1.01. The fourth-order valence-corrected chi connectivity index (χ4v) is 2.85. The first-order chi connectivity index (χ1) is 11.5. The van der Waals surface area contributed by atoms with Gasteiger partial charge in [0.05, 0.1) is 12.5 Å². The van der Waals surface area contributed by atoms with Gasteiger partial charge in [-0.3, -0.25) is 4.79 Å². The molecule has 1 aliphatic rings. The van der Waals surface area contributed by atoms with Gasteiger partial charge in [0.15, 0.2) is 11.6 Å². The fraction of sp³-hybridized carbons (Fsp3) is 0.278. The molecule has 0 bridgehead atoms. The van der Waals surface area contributed by atoms with E-state index in [1.807, 2.05) is 0 Å². The van der Waals surface area contributed by atoms with E-state index in [4.69, 9.17) is 4.74 Å². The molecule has 1 heterocycles. The molecule has 2 atom stereocenters. The zero-order chi connectivity index (χ0) is 17.1. The normalized spacial score (nSPS) is 20.1. The molecule has 2 aromatic rings. The van der Waals surface area contributed by atoms with Gasteiger partial charge >= 0.3 is 0 Å². The molecule has 1 saturated heterocycles. The highest BCUT2D eigenvalue weighted by Gasteiger charge is 2.31. The van der Waals surface area contributed by atoms with Gasteiger partial charge in [0, 0.05) is 12.2 Å².